The van der Waals surface area contributed by atoms with Crippen molar-refractivity contribution in [3.63, 3.8) is 0 Å². The molecular formula is C26H28N2O5. The van der Waals surface area contributed by atoms with Gasteiger partial charge in [-0.25, -0.2) is 0 Å². The number of carbonyl (C=O) groups excluding carboxylic acids is 2. The number of nitrogens with two attached hydrogens (primary N) is 1. The standard InChI is InChI=1S/C26H28N2O5/c1-4-31-23-15-10-20(16-24(23)32-5-2)17(3)28-26(30)19-8-13-22(14-9-19)33-21-11-6-18(7-12-21)25(27)29/h6-17H,4-5H2,1-3H3,(H2,27,29)(H,28,30). The molecule has 0 radical (unpaired) electrons. The first-order valence-electron chi connectivity index (χ1n) is 10.8. The van der Waals surface area contributed by atoms with Crippen molar-refractivity contribution in [1.29, 1.82) is 0 Å². The molecule has 2 amide bonds. The summed E-state index contributed by atoms with van der Waals surface area (Å²) in [4.78, 5) is 23.9. The van der Waals surface area contributed by atoms with Crippen LogP contribution in [0.25, 0.3) is 0 Å². The van der Waals surface area contributed by atoms with Crippen LogP contribution in [0.15, 0.2) is 66.7 Å². The summed E-state index contributed by atoms with van der Waals surface area (Å²) in [6.07, 6.45) is 0. The Morgan fingerprint density at radius 3 is 1.91 bits per heavy atom. The summed E-state index contributed by atoms with van der Waals surface area (Å²) < 4.78 is 17.0. The van der Waals surface area contributed by atoms with Crippen molar-refractivity contribution in [2.45, 2.75) is 26.8 Å². The maximum Gasteiger partial charge on any atom is 0.251 e. The van der Waals surface area contributed by atoms with Gasteiger partial charge in [0.05, 0.1) is 19.3 Å². The Labute approximate surface area is 193 Å². The van der Waals surface area contributed by atoms with E-state index in [-0.39, 0.29) is 11.9 Å². The van der Waals surface area contributed by atoms with Crippen molar-refractivity contribution >= 4 is 11.8 Å². The molecule has 0 heterocycles. The van der Waals surface area contributed by atoms with E-state index in [0.717, 1.165) is 5.56 Å². The zero-order valence-electron chi connectivity index (χ0n) is 19.0. The lowest BCUT2D eigenvalue weighted by atomic mass is 10.1. The predicted molar refractivity (Wildman–Crippen MR) is 126 cm³/mol. The summed E-state index contributed by atoms with van der Waals surface area (Å²) in [5.74, 6) is 1.77. The van der Waals surface area contributed by atoms with E-state index in [4.69, 9.17) is 19.9 Å². The zero-order valence-corrected chi connectivity index (χ0v) is 19.0. The minimum atomic E-state index is -0.495. The monoisotopic (exact) mass is 448 g/mol. The third kappa shape index (κ3) is 6.26. The third-order valence-electron chi connectivity index (χ3n) is 4.91. The molecule has 7 heteroatoms. The summed E-state index contributed by atoms with van der Waals surface area (Å²) in [6.45, 7) is 6.81. The molecule has 3 N–H and O–H groups in total. The number of benzene rings is 3. The normalized spacial score (nSPS) is 11.4. The molecule has 0 aliphatic heterocycles. The topological polar surface area (TPSA) is 99.9 Å². The fourth-order valence-corrected chi connectivity index (χ4v) is 3.20. The number of primary amides is 1. The first-order valence-corrected chi connectivity index (χ1v) is 10.8. The number of hydrogen-bond donors (Lipinski definition) is 2. The average Bonchev–Trinajstić information content (AvgIpc) is 2.81. The molecule has 0 aliphatic carbocycles. The number of carbonyl (C=O) groups is 2. The summed E-state index contributed by atoms with van der Waals surface area (Å²) in [7, 11) is 0. The molecule has 1 atom stereocenters. The molecule has 33 heavy (non-hydrogen) atoms. The van der Waals surface area contributed by atoms with Gasteiger partial charge in [0, 0.05) is 11.1 Å². The van der Waals surface area contributed by atoms with Gasteiger partial charge in [-0.3, -0.25) is 9.59 Å². The average molecular weight is 449 g/mol. The summed E-state index contributed by atoms with van der Waals surface area (Å²) in [6, 6.07) is 18.8. The van der Waals surface area contributed by atoms with Crippen LogP contribution in [0.5, 0.6) is 23.0 Å². The Morgan fingerprint density at radius 2 is 1.36 bits per heavy atom. The summed E-state index contributed by atoms with van der Waals surface area (Å²) >= 11 is 0. The molecule has 172 valence electrons. The Bertz CT molecular complexity index is 1090. The van der Waals surface area contributed by atoms with Crippen LogP contribution in [-0.4, -0.2) is 25.0 Å². The number of rotatable bonds is 10. The van der Waals surface area contributed by atoms with Crippen LogP contribution >= 0.6 is 0 Å². The van der Waals surface area contributed by atoms with Gasteiger partial charge in [0.2, 0.25) is 5.91 Å². The van der Waals surface area contributed by atoms with Crippen LogP contribution in [0.4, 0.5) is 0 Å². The highest BCUT2D eigenvalue weighted by molar-refractivity contribution is 5.94. The van der Waals surface area contributed by atoms with Crippen molar-refractivity contribution < 1.29 is 23.8 Å². The molecule has 3 aromatic carbocycles. The first kappa shape index (κ1) is 23.7. The maximum absolute atomic E-state index is 12.7. The van der Waals surface area contributed by atoms with Gasteiger partial charge in [-0.15, -0.1) is 0 Å². The second-order valence-electron chi connectivity index (χ2n) is 7.28. The molecule has 0 aliphatic rings. The van der Waals surface area contributed by atoms with Crippen molar-refractivity contribution in [2.24, 2.45) is 5.73 Å². The molecule has 0 saturated heterocycles. The van der Waals surface area contributed by atoms with E-state index in [9.17, 15) is 9.59 Å². The van der Waals surface area contributed by atoms with Crippen LogP contribution in [-0.2, 0) is 0 Å². The Balaban J connectivity index is 1.64. The lowest BCUT2D eigenvalue weighted by Gasteiger charge is -2.17. The van der Waals surface area contributed by atoms with Crippen molar-refractivity contribution in [2.75, 3.05) is 13.2 Å². The first-order chi connectivity index (χ1) is 15.9. The molecular weight excluding hydrogens is 420 g/mol. The SMILES string of the molecule is CCOc1ccc(C(C)NC(=O)c2ccc(Oc3ccc(C(N)=O)cc3)cc2)cc1OCC. The van der Waals surface area contributed by atoms with E-state index in [1.54, 1.807) is 48.5 Å². The fourth-order valence-electron chi connectivity index (χ4n) is 3.20. The molecule has 3 aromatic rings. The van der Waals surface area contributed by atoms with Crippen LogP contribution < -0.4 is 25.3 Å². The highest BCUT2D eigenvalue weighted by atomic mass is 16.5. The second-order valence-corrected chi connectivity index (χ2v) is 7.28. The van der Waals surface area contributed by atoms with E-state index < -0.39 is 5.91 Å². The summed E-state index contributed by atoms with van der Waals surface area (Å²) in [5, 5.41) is 3.00. The number of amides is 2. The fraction of sp³-hybridized carbons (Fsp3) is 0.231. The number of ether oxygens (including phenoxy) is 3. The molecule has 7 nitrogen and oxygen atoms in total. The largest absolute Gasteiger partial charge is 0.490 e. The van der Waals surface area contributed by atoms with Crippen LogP contribution in [0, 0.1) is 0 Å². The highest BCUT2D eigenvalue weighted by Gasteiger charge is 2.15. The van der Waals surface area contributed by atoms with Gasteiger partial charge >= 0.3 is 0 Å². The quantitative estimate of drug-likeness (QED) is 0.461. The van der Waals surface area contributed by atoms with E-state index in [2.05, 4.69) is 5.32 Å². The van der Waals surface area contributed by atoms with Gasteiger partial charge in [0.15, 0.2) is 11.5 Å². The van der Waals surface area contributed by atoms with Gasteiger partial charge in [-0.05, 0) is 87.0 Å². The Morgan fingerprint density at radius 1 is 0.818 bits per heavy atom. The predicted octanol–water partition coefficient (Wildman–Crippen LogP) is 4.87. The van der Waals surface area contributed by atoms with Crippen LogP contribution in [0.1, 0.15) is 53.1 Å². The van der Waals surface area contributed by atoms with E-state index >= 15 is 0 Å². The lowest BCUT2D eigenvalue weighted by molar-refractivity contribution is 0.0938. The Kier molecular flexibility index (Phi) is 7.91. The molecule has 0 fully saturated rings. The minimum absolute atomic E-state index is 0.202. The Hall–Kier alpha value is -4.00. The molecule has 0 saturated carbocycles. The van der Waals surface area contributed by atoms with E-state index in [0.29, 0.717) is 47.3 Å². The van der Waals surface area contributed by atoms with Crippen LogP contribution in [0.2, 0.25) is 0 Å². The maximum atomic E-state index is 12.7. The van der Waals surface area contributed by atoms with Crippen molar-refractivity contribution in [3.8, 4) is 23.0 Å². The van der Waals surface area contributed by atoms with Gasteiger partial charge in [0.25, 0.3) is 5.91 Å². The van der Waals surface area contributed by atoms with Crippen molar-refractivity contribution in [3.05, 3.63) is 83.4 Å². The number of hydrogen-bond acceptors (Lipinski definition) is 5. The van der Waals surface area contributed by atoms with E-state index in [1.807, 2.05) is 39.0 Å². The highest BCUT2D eigenvalue weighted by Crippen LogP contribution is 2.31. The van der Waals surface area contributed by atoms with Gasteiger partial charge in [0.1, 0.15) is 11.5 Å². The van der Waals surface area contributed by atoms with Gasteiger partial charge in [-0.1, -0.05) is 6.07 Å². The second kappa shape index (κ2) is 11.0. The summed E-state index contributed by atoms with van der Waals surface area (Å²) in [5.41, 5.74) is 7.07. The van der Waals surface area contributed by atoms with Gasteiger partial charge < -0.3 is 25.3 Å². The number of nitrogens with one attached hydrogen (secondary N) is 1. The molecule has 0 bridgehead atoms. The molecule has 3 rings (SSSR count). The van der Waals surface area contributed by atoms with Crippen LogP contribution in [0.3, 0.4) is 0 Å². The van der Waals surface area contributed by atoms with E-state index in [1.165, 1.54) is 0 Å². The smallest absolute Gasteiger partial charge is 0.251 e. The molecule has 0 aromatic heterocycles. The minimum Gasteiger partial charge on any atom is -0.490 e. The van der Waals surface area contributed by atoms with Crippen molar-refractivity contribution in [1.82, 2.24) is 5.32 Å². The zero-order chi connectivity index (χ0) is 23.8. The van der Waals surface area contributed by atoms with Gasteiger partial charge in [-0.2, -0.15) is 0 Å². The lowest BCUT2D eigenvalue weighted by Crippen LogP contribution is -2.26. The third-order valence-corrected chi connectivity index (χ3v) is 4.91. The molecule has 0 spiro atoms. The molecule has 1 unspecified atom stereocenters.